The van der Waals surface area contributed by atoms with Crippen LogP contribution in [0, 0.1) is 17.7 Å². The topological polar surface area (TPSA) is 124 Å². The molecule has 2 aromatic carbocycles. The molecule has 12 heteroatoms. The number of aldehydes is 1. The number of aromatic amines is 1. The van der Waals surface area contributed by atoms with Gasteiger partial charge < -0.3 is 20.4 Å². The first-order valence-electron chi connectivity index (χ1n) is 17.9. The molecule has 2 fully saturated rings. The summed E-state index contributed by atoms with van der Waals surface area (Å²) in [5.41, 5.74) is 11.0. The fourth-order valence-electron chi connectivity index (χ4n) is 6.64. The van der Waals surface area contributed by atoms with Crippen molar-refractivity contribution in [3.63, 3.8) is 0 Å². The van der Waals surface area contributed by atoms with Crippen molar-refractivity contribution < 1.29 is 18.7 Å². The highest BCUT2D eigenvalue weighted by Gasteiger charge is 2.39. The average molecular weight is 724 g/mol. The van der Waals surface area contributed by atoms with Gasteiger partial charge in [-0.05, 0) is 99.1 Å². The van der Waals surface area contributed by atoms with Crippen LogP contribution in [0.4, 0.5) is 10.1 Å². The number of carbonyl (C=O) groups excluding carboxylic acids is 2. The number of benzene rings is 2. The largest absolute Gasteiger partial charge is 0.381 e. The highest BCUT2D eigenvalue weighted by atomic mass is 35.5. The standard InChI is InChI=1S/C36H35ClFN7O2.C4H8O/c37-26-8-6-25(29(38)18-26)20-39-30(3-1-2-16-46)22-12-14-45(15-13-22)21-34-41-32-11-9-27(19-33(32)42-34)40-36(47)24-7-10-31-28(17-24)35(44-43-31)23-4-5-23;1-4-2-3-5-4/h1-3,6-12,16,18-19,23,28,39,43H,4-5,13-15,17,20-21H2,(H,40,47)(H,41,42);4H,2-3H2,1H3/b2-1-,30-3-;/t;4-/m.1/s1. The molecule has 5 aliphatic rings. The van der Waals surface area contributed by atoms with Gasteiger partial charge in [-0.15, -0.1) is 0 Å². The number of anilines is 1. The molecule has 2 aliphatic carbocycles. The van der Waals surface area contributed by atoms with Crippen LogP contribution in [0.25, 0.3) is 11.0 Å². The highest BCUT2D eigenvalue weighted by molar-refractivity contribution is 6.30. The number of hydrogen-bond donors (Lipinski definition) is 4. The normalized spacial score (nSPS) is 21.5. The molecule has 1 unspecified atom stereocenters. The van der Waals surface area contributed by atoms with E-state index in [-0.39, 0.29) is 24.2 Å². The Morgan fingerprint density at radius 3 is 2.69 bits per heavy atom. The monoisotopic (exact) mass is 723 g/mol. The van der Waals surface area contributed by atoms with Gasteiger partial charge in [0.15, 0.2) is 0 Å². The van der Waals surface area contributed by atoms with Crippen molar-refractivity contribution in [2.24, 2.45) is 16.9 Å². The number of nitrogens with zero attached hydrogens (tertiary/aromatic N) is 3. The number of hydrazone groups is 1. The molecular weight excluding hydrogens is 681 g/mol. The number of rotatable bonds is 11. The molecule has 1 saturated heterocycles. The summed E-state index contributed by atoms with van der Waals surface area (Å²) >= 11 is 5.90. The molecule has 0 spiro atoms. The quantitative estimate of drug-likeness (QED) is 0.0970. The minimum Gasteiger partial charge on any atom is -0.381 e. The van der Waals surface area contributed by atoms with Crippen LogP contribution in [-0.4, -0.2) is 58.6 Å². The molecular formula is C40H43ClFN7O3. The number of halogens is 2. The maximum absolute atomic E-state index is 14.4. The van der Waals surface area contributed by atoms with E-state index in [1.165, 1.54) is 37.1 Å². The van der Waals surface area contributed by atoms with Crippen LogP contribution in [0.1, 0.15) is 50.4 Å². The lowest BCUT2D eigenvalue weighted by Crippen LogP contribution is -2.30. The second-order valence-corrected chi connectivity index (χ2v) is 14.2. The third-order valence-corrected chi connectivity index (χ3v) is 10.1. The Bertz CT molecular complexity index is 2020. The Balaban J connectivity index is 0.000000776. The number of nitrogens with one attached hydrogen (secondary N) is 4. The Kier molecular flexibility index (Phi) is 11.1. The maximum Gasteiger partial charge on any atom is 0.251 e. The molecule has 4 N–H and O–H groups in total. The minimum absolute atomic E-state index is 0.0970. The van der Waals surface area contributed by atoms with E-state index in [0.29, 0.717) is 47.8 Å². The lowest BCUT2D eigenvalue weighted by molar-refractivity contribution is -0.113. The van der Waals surface area contributed by atoms with Crippen molar-refractivity contribution >= 4 is 46.2 Å². The molecule has 270 valence electrons. The molecule has 0 radical (unpaired) electrons. The molecule has 2 atom stereocenters. The van der Waals surface area contributed by atoms with Gasteiger partial charge in [0.2, 0.25) is 0 Å². The van der Waals surface area contributed by atoms with E-state index in [1.54, 1.807) is 18.2 Å². The second kappa shape index (κ2) is 16.2. The van der Waals surface area contributed by atoms with E-state index in [4.69, 9.17) is 21.3 Å². The number of amides is 1. The van der Waals surface area contributed by atoms with Crippen molar-refractivity contribution in [2.75, 3.05) is 25.0 Å². The zero-order chi connectivity index (χ0) is 36.0. The molecule has 0 bridgehead atoms. The highest BCUT2D eigenvalue weighted by Crippen LogP contribution is 2.40. The number of fused-ring (bicyclic) bond motifs is 2. The van der Waals surface area contributed by atoms with Gasteiger partial charge in [0.25, 0.3) is 5.91 Å². The van der Waals surface area contributed by atoms with Crippen LogP contribution in [0.15, 0.2) is 100 Å². The SMILES string of the molecule is C[C@@H]1CCO1.O=C/C=C\C=C(/NCc1ccc(Cl)cc1F)C1=CCN(Cc2nc3ccc(NC(=O)C4=CC=C5NN=C(C6CC6)C5C4)cc3[nH]2)CC1. The lowest BCUT2D eigenvalue weighted by atomic mass is 9.86. The average Bonchev–Trinajstić information content (AvgIpc) is 3.76. The number of allylic oxidation sites excluding steroid dienone is 7. The summed E-state index contributed by atoms with van der Waals surface area (Å²) in [5, 5.41) is 11.3. The Morgan fingerprint density at radius 1 is 1.13 bits per heavy atom. The van der Waals surface area contributed by atoms with Gasteiger partial charge in [-0.25, -0.2) is 9.37 Å². The smallest absolute Gasteiger partial charge is 0.251 e. The van der Waals surface area contributed by atoms with Crippen LogP contribution in [-0.2, 0) is 27.4 Å². The number of aromatic nitrogens is 2. The Morgan fingerprint density at radius 2 is 1.98 bits per heavy atom. The van der Waals surface area contributed by atoms with E-state index >= 15 is 0 Å². The molecule has 1 amide bonds. The number of carbonyl (C=O) groups is 2. The second-order valence-electron chi connectivity index (χ2n) is 13.7. The summed E-state index contributed by atoms with van der Waals surface area (Å²) in [4.78, 5) is 34.5. The molecule has 3 aliphatic heterocycles. The molecule has 8 rings (SSSR count). The molecule has 10 nitrogen and oxygen atoms in total. The summed E-state index contributed by atoms with van der Waals surface area (Å²) in [6.45, 7) is 5.50. The number of imidazole rings is 1. The van der Waals surface area contributed by atoms with Crippen molar-refractivity contribution in [2.45, 2.75) is 58.2 Å². The predicted octanol–water partition coefficient (Wildman–Crippen LogP) is 6.85. The van der Waals surface area contributed by atoms with Gasteiger partial charge >= 0.3 is 0 Å². The zero-order valence-electron chi connectivity index (χ0n) is 29.1. The van der Waals surface area contributed by atoms with Gasteiger partial charge in [-0.2, -0.15) is 5.10 Å². The predicted molar refractivity (Wildman–Crippen MR) is 202 cm³/mol. The summed E-state index contributed by atoms with van der Waals surface area (Å²) in [6, 6.07) is 10.4. The lowest BCUT2D eigenvalue weighted by Gasteiger charge is -2.27. The molecule has 1 aromatic heterocycles. The number of H-pyrrole nitrogens is 1. The van der Waals surface area contributed by atoms with E-state index in [9.17, 15) is 14.0 Å². The number of hydrogen-bond acceptors (Lipinski definition) is 8. The fourth-order valence-corrected chi connectivity index (χ4v) is 6.80. The van der Waals surface area contributed by atoms with Gasteiger partial charge in [-0.3, -0.25) is 19.9 Å². The van der Waals surface area contributed by atoms with E-state index in [0.717, 1.165) is 65.3 Å². The fraction of sp³-hybridized carbons (Fsp3) is 0.350. The van der Waals surface area contributed by atoms with Gasteiger partial charge in [-0.1, -0.05) is 35.9 Å². The van der Waals surface area contributed by atoms with Crippen molar-refractivity contribution in [3.05, 3.63) is 118 Å². The zero-order valence-corrected chi connectivity index (χ0v) is 29.9. The third kappa shape index (κ3) is 8.78. The van der Waals surface area contributed by atoms with Crippen molar-refractivity contribution in [1.29, 1.82) is 0 Å². The van der Waals surface area contributed by atoms with Crippen molar-refractivity contribution in [1.82, 2.24) is 25.6 Å². The first-order chi connectivity index (χ1) is 25.3. The molecule has 3 aromatic rings. The van der Waals surface area contributed by atoms with E-state index < -0.39 is 0 Å². The summed E-state index contributed by atoms with van der Waals surface area (Å²) in [7, 11) is 0. The first kappa shape index (κ1) is 35.6. The van der Waals surface area contributed by atoms with E-state index in [1.807, 2.05) is 36.4 Å². The third-order valence-electron chi connectivity index (χ3n) is 9.89. The first-order valence-corrected chi connectivity index (χ1v) is 18.3. The Hall–Kier alpha value is -4.84. The van der Waals surface area contributed by atoms with Crippen LogP contribution < -0.4 is 16.1 Å². The van der Waals surface area contributed by atoms with Crippen LogP contribution >= 0.6 is 11.6 Å². The van der Waals surface area contributed by atoms with Gasteiger partial charge in [0, 0.05) is 65.4 Å². The van der Waals surface area contributed by atoms with Crippen LogP contribution in [0.5, 0.6) is 0 Å². The minimum atomic E-state index is -0.367. The van der Waals surface area contributed by atoms with E-state index in [2.05, 4.69) is 44.0 Å². The van der Waals surface area contributed by atoms with Gasteiger partial charge in [0.1, 0.15) is 17.9 Å². The van der Waals surface area contributed by atoms with Crippen LogP contribution in [0.2, 0.25) is 5.02 Å². The maximum atomic E-state index is 14.4. The summed E-state index contributed by atoms with van der Waals surface area (Å²) < 4.78 is 19.3. The molecule has 4 heterocycles. The summed E-state index contributed by atoms with van der Waals surface area (Å²) in [6.07, 6.45) is 17.3. The molecule has 1 saturated carbocycles. The Labute approximate surface area is 307 Å². The number of ether oxygens (including phenoxy) is 1. The molecule has 52 heavy (non-hydrogen) atoms. The van der Waals surface area contributed by atoms with Crippen LogP contribution in [0.3, 0.4) is 0 Å². The van der Waals surface area contributed by atoms with Crippen molar-refractivity contribution in [3.8, 4) is 0 Å². The van der Waals surface area contributed by atoms with Gasteiger partial charge in [0.05, 0.1) is 29.4 Å². The summed E-state index contributed by atoms with van der Waals surface area (Å²) in [5.74, 6) is 1.12.